The number of nitrogens with one attached hydrogen (secondary N) is 1. The zero-order chi connectivity index (χ0) is 13.1. The average Bonchev–Trinajstić information content (AvgIpc) is 2.35. The van der Waals surface area contributed by atoms with E-state index >= 15 is 0 Å². The Bertz CT molecular complexity index is 572. The first-order chi connectivity index (χ1) is 8.58. The van der Waals surface area contributed by atoms with Gasteiger partial charge >= 0.3 is 0 Å². The van der Waals surface area contributed by atoms with Gasteiger partial charge in [-0.25, -0.2) is 0 Å². The van der Waals surface area contributed by atoms with Crippen molar-refractivity contribution in [3.8, 4) is 0 Å². The third-order valence-electron chi connectivity index (χ3n) is 2.43. The predicted octanol–water partition coefficient (Wildman–Crippen LogP) is 6.02. The lowest BCUT2D eigenvalue weighted by Crippen LogP contribution is -2.00. The molecule has 0 aliphatic heterocycles. The van der Waals surface area contributed by atoms with Crippen molar-refractivity contribution in [3.63, 3.8) is 0 Å². The van der Waals surface area contributed by atoms with Crippen molar-refractivity contribution in [3.05, 3.63) is 61.5 Å². The summed E-state index contributed by atoms with van der Waals surface area (Å²) in [6.45, 7) is 0.595. The van der Waals surface area contributed by atoms with Gasteiger partial charge in [0.15, 0.2) is 0 Å². The summed E-state index contributed by atoms with van der Waals surface area (Å²) in [5.41, 5.74) is 1.88. The smallest absolute Gasteiger partial charge is 0.0642 e. The molecule has 0 amide bonds. The molecule has 0 saturated carbocycles. The average molecular weight is 365 g/mol. The van der Waals surface area contributed by atoms with Crippen LogP contribution in [0.2, 0.25) is 15.1 Å². The molecular weight excluding hydrogens is 356 g/mol. The Morgan fingerprint density at radius 2 is 1.78 bits per heavy atom. The zero-order valence-electron chi connectivity index (χ0n) is 9.18. The van der Waals surface area contributed by atoms with Crippen LogP contribution in [0.4, 0.5) is 5.69 Å². The van der Waals surface area contributed by atoms with Crippen LogP contribution >= 0.6 is 50.7 Å². The monoisotopic (exact) mass is 363 g/mol. The molecule has 0 bridgehead atoms. The summed E-state index contributed by atoms with van der Waals surface area (Å²) in [6, 6.07) is 11.3. The third-order valence-corrected chi connectivity index (χ3v) is 4.52. The molecule has 18 heavy (non-hydrogen) atoms. The van der Waals surface area contributed by atoms with Crippen LogP contribution in [0.25, 0.3) is 0 Å². The topological polar surface area (TPSA) is 12.0 Å². The maximum absolute atomic E-state index is 6.11. The number of hydrogen-bond donors (Lipinski definition) is 1. The van der Waals surface area contributed by atoms with Gasteiger partial charge in [0.05, 0.1) is 15.1 Å². The second-order valence-corrected chi connectivity index (χ2v) is 5.74. The number of benzene rings is 2. The molecule has 0 fully saturated rings. The lowest BCUT2D eigenvalue weighted by atomic mass is 10.2. The van der Waals surface area contributed by atoms with Crippen LogP contribution in [0.1, 0.15) is 5.56 Å². The number of halogens is 4. The van der Waals surface area contributed by atoms with Crippen LogP contribution in [0, 0.1) is 0 Å². The Balaban J connectivity index is 2.11. The van der Waals surface area contributed by atoms with Gasteiger partial charge in [0.2, 0.25) is 0 Å². The molecule has 0 spiro atoms. The summed E-state index contributed by atoms with van der Waals surface area (Å²) in [4.78, 5) is 0. The van der Waals surface area contributed by atoms with Crippen LogP contribution in [0.5, 0.6) is 0 Å². The molecule has 0 unspecified atom stereocenters. The van der Waals surface area contributed by atoms with E-state index in [1.54, 1.807) is 6.07 Å². The van der Waals surface area contributed by atoms with Crippen molar-refractivity contribution in [1.82, 2.24) is 0 Å². The molecule has 0 heterocycles. The molecule has 1 N–H and O–H groups in total. The summed E-state index contributed by atoms with van der Waals surface area (Å²) >= 11 is 21.4. The molecule has 2 aromatic rings. The van der Waals surface area contributed by atoms with E-state index in [4.69, 9.17) is 34.8 Å². The van der Waals surface area contributed by atoms with Gasteiger partial charge in [-0.3, -0.25) is 0 Å². The van der Waals surface area contributed by atoms with Gasteiger partial charge in [-0.1, -0.05) is 46.9 Å². The summed E-state index contributed by atoms with van der Waals surface area (Å²) in [5, 5.41) is 5.05. The molecule has 94 valence electrons. The Labute approximate surface area is 129 Å². The normalized spacial score (nSPS) is 10.4. The molecule has 2 aromatic carbocycles. The fraction of sp³-hybridized carbons (Fsp3) is 0.0769. The van der Waals surface area contributed by atoms with E-state index in [9.17, 15) is 0 Å². The standard InChI is InChI=1S/C13H9BrCl3N/c14-10-5-4-9(6-12(10)16)18-7-8-2-1-3-11(15)13(8)17/h1-6,18H,7H2. The van der Waals surface area contributed by atoms with Gasteiger partial charge in [0.1, 0.15) is 0 Å². The van der Waals surface area contributed by atoms with E-state index in [-0.39, 0.29) is 0 Å². The largest absolute Gasteiger partial charge is 0.381 e. The Kier molecular flexibility index (Phi) is 4.79. The molecule has 5 heteroatoms. The number of rotatable bonds is 3. The molecule has 0 saturated heterocycles. The third kappa shape index (κ3) is 3.33. The lowest BCUT2D eigenvalue weighted by Gasteiger charge is -2.09. The van der Waals surface area contributed by atoms with E-state index in [1.165, 1.54) is 0 Å². The van der Waals surface area contributed by atoms with Crippen molar-refractivity contribution in [2.45, 2.75) is 6.54 Å². The molecule has 1 nitrogen and oxygen atoms in total. The summed E-state index contributed by atoms with van der Waals surface area (Å²) in [5.74, 6) is 0. The van der Waals surface area contributed by atoms with E-state index in [1.807, 2.05) is 30.3 Å². The van der Waals surface area contributed by atoms with Gasteiger partial charge < -0.3 is 5.32 Å². The second-order valence-electron chi connectivity index (χ2n) is 3.70. The minimum Gasteiger partial charge on any atom is -0.381 e. The number of anilines is 1. The van der Waals surface area contributed by atoms with Crippen LogP contribution < -0.4 is 5.32 Å². The second kappa shape index (κ2) is 6.16. The zero-order valence-corrected chi connectivity index (χ0v) is 13.0. The van der Waals surface area contributed by atoms with Gasteiger partial charge in [-0.2, -0.15) is 0 Å². The molecule has 0 aliphatic carbocycles. The maximum atomic E-state index is 6.11. The minimum atomic E-state index is 0.560. The molecule has 0 aliphatic rings. The van der Waals surface area contributed by atoms with E-state index in [2.05, 4.69) is 21.2 Å². The van der Waals surface area contributed by atoms with Crippen LogP contribution in [-0.2, 0) is 6.54 Å². The van der Waals surface area contributed by atoms with Gasteiger partial charge in [0, 0.05) is 16.7 Å². The van der Waals surface area contributed by atoms with Crippen molar-refractivity contribution < 1.29 is 0 Å². The van der Waals surface area contributed by atoms with Crippen molar-refractivity contribution >= 4 is 56.4 Å². The summed E-state index contributed by atoms with van der Waals surface area (Å²) in [7, 11) is 0. The predicted molar refractivity (Wildman–Crippen MR) is 82.9 cm³/mol. The fourth-order valence-corrected chi connectivity index (χ4v) is 2.30. The first-order valence-corrected chi connectivity index (χ1v) is 7.12. The molecule has 2 rings (SSSR count). The Morgan fingerprint density at radius 3 is 2.50 bits per heavy atom. The van der Waals surface area contributed by atoms with Crippen LogP contribution in [-0.4, -0.2) is 0 Å². The highest BCUT2D eigenvalue weighted by atomic mass is 79.9. The quantitative estimate of drug-likeness (QED) is 0.701. The Morgan fingerprint density at radius 1 is 1.00 bits per heavy atom. The van der Waals surface area contributed by atoms with Crippen LogP contribution in [0.15, 0.2) is 40.9 Å². The lowest BCUT2D eigenvalue weighted by molar-refractivity contribution is 1.15. The summed E-state index contributed by atoms with van der Waals surface area (Å²) < 4.78 is 0.871. The Hall–Kier alpha value is -0.410. The number of hydrogen-bond acceptors (Lipinski definition) is 1. The van der Waals surface area contributed by atoms with E-state index < -0.39 is 0 Å². The van der Waals surface area contributed by atoms with Crippen molar-refractivity contribution in [2.75, 3.05) is 5.32 Å². The molecule has 0 radical (unpaired) electrons. The van der Waals surface area contributed by atoms with Gasteiger partial charge in [-0.05, 0) is 45.8 Å². The first-order valence-electron chi connectivity index (χ1n) is 5.20. The molecule has 0 atom stereocenters. The van der Waals surface area contributed by atoms with Gasteiger partial charge in [0.25, 0.3) is 0 Å². The van der Waals surface area contributed by atoms with E-state index in [0.717, 1.165) is 15.7 Å². The van der Waals surface area contributed by atoms with Crippen molar-refractivity contribution in [2.24, 2.45) is 0 Å². The molecule has 0 aromatic heterocycles. The first kappa shape index (κ1) is 14.0. The summed E-state index contributed by atoms with van der Waals surface area (Å²) in [6.07, 6.45) is 0. The minimum absolute atomic E-state index is 0.560. The SMILES string of the molecule is Clc1cc(NCc2cccc(Cl)c2Cl)ccc1Br. The van der Waals surface area contributed by atoms with E-state index in [0.29, 0.717) is 21.6 Å². The maximum Gasteiger partial charge on any atom is 0.0642 e. The fourth-order valence-electron chi connectivity index (χ4n) is 1.49. The highest BCUT2D eigenvalue weighted by Gasteiger charge is 2.04. The van der Waals surface area contributed by atoms with Crippen molar-refractivity contribution in [1.29, 1.82) is 0 Å². The highest BCUT2D eigenvalue weighted by molar-refractivity contribution is 9.10. The highest BCUT2D eigenvalue weighted by Crippen LogP contribution is 2.28. The van der Waals surface area contributed by atoms with Gasteiger partial charge in [-0.15, -0.1) is 0 Å². The molecular formula is C13H9BrCl3N. The van der Waals surface area contributed by atoms with Crippen LogP contribution in [0.3, 0.4) is 0 Å².